The Morgan fingerprint density at radius 3 is 3.06 bits per heavy atom. The first-order chi connectivity index (χ1) is 7.75. The van der Waals surface area contributed by atoms with Crippen LogP contribution in [-0.4, -0.2) is 14.5 Å². The van der Waals surface area contributed by atoms with E-state index in [0.29, 0.717) is 0 Å². The molecular weight excluding hydrogens is 226 g/mol. The van der Waals surface area contributed by atoms with Crippen LogP contribution in [0.15, 0.2) is 18.2 Å². The molecule has 0 amide bonds. The van der Waals surface area contributed by atoms with Crippen LogP contribution in [0.2, 0.25) is 0 Å². The predicted octanol–water partition coefficient (Wildman–Crippen LogP) is 2.21. The standard InChI is InChI=1S/C10H7N3O2S/c14-13(15)7-3-1-6-2-4-9-10(8(6)5-7)11-12-16-9/h1,3,5H,2,4H2. The number of nitro benzene ring substituents is 1. The van der Waals surface area contributed by atoms with Crippen LogP contribution in [0.1, 0.15) is 10.4 Å². The molecule has 1 aromatic heterocycles. The average molecular weight is 233 g/mol. The minimum atomic E-state index is -0.381. The number of benzene rings is 1. The van der Waals surface area contributed by atoms with Crippen LogP contribution in [0.5, 0.6) is 0 Å². The van der Waals surface area contributed by atoms with E-state index in [2.05, 4.69) is 9.59 Å². The molecule has 0 bridgehead atoms. The van der Waals surface area contributed by atoms with Crippen molar-refractivity contribution in [2.45, 2.75) is 12.8 Å². The van der Waals surface area contributed by atoms with E-state index in [4.69, 9.17) is 0 Å². The maximum absolute atomic E-state index is 10.7. The van der Waals surface area contributed by atoms with E-state index in [9.17, 15) is 10.1 Å². The number of aryl methyl sites for hydroxylation is 2. The van der Waals surface area contributed by atoms with E-state index in [1.165, 1.54) is 11.5 Å². The number of nitro groups is 1. The molecule has 5 nitrogen and oxygen atoms in total. The molecule has 0 aliphatic heterocycles. The van der Waals surface area contributed by atoms with Crippen molar-refractivity contribution in [2.24, 2.45) is 0 Å². The van der Waals surface area contributed by atoms with Crippen molar-refractivity contribution in [3.8, 4) is 11.3 Å². The van der Waals surface area contributed by atoms with Gasteiger partial charge in [0.15, 0.2) is 0 Å². The molecular formula is C10H7N3O2S. The van der Waals surface area contributed by atoms with Crippen LogP contribution >= 0.6 is 11.5 Å². The van der Waals surface area contributed by atoms with Gasteiger partial charge >= 0.3 is 0 Å². The van der Waals surface area contributed by atoms with E-state index in [0.717, 1.165) is 34.5 Å². The quantitative estimate of drug-likeness (QED) is 0.559. The second-order valence-corrected chi connectivity index (χ2v) is 4.48. The Kier molecular flexibility index (Phi) is 1.97. The molecule has 3 rings (SSSR count). The molecule has 0 N–H and O–H groups in total. The van der Waals surface area contributed by atoms with Crippen molar-refractivity contribution in [1.29, 1.82) is 0 Å². The smallest absolute Gasteiger partial charge is 0.258 e. The second-order valence-electron chi connectivity index (χ2n) is 3.64. The highest BCUT2D eigenvalue weighted by atomic mass is 32.1. The van der Waals surface area contributed by atoms with Gasteiger partial charge in [0.1, 0.15) is 5.69 Å². The first-order valence-electron chi connectivity index (χ1n) is 4.84. The minimum Gasteiger partial charge on any atom is -0.258 e. The lowest BCUT2D eigenvalue weighted by atomic mass is 9.93. The number of hydrogen-bond donors (Lipinski definition) is 0. The fourth-order valence-corrected chi connectivity index (χ4v) is 2.59. The van der Waals surface area contributed by atoms with Crippen LogP contribution in [-0.2, 0) is 12.8 Å². The highest BCUT2D eigenvalue weighted by Gasteiger charge is 2.21. The summed E-state index contributed by atoms with van der Waals surface area (Å²) in [6.07, 6.45) is 1.84. The molecule has 1 heterocycles. The minimum absolute atomic E-state index is 0.111. The van der Waals surface area contributed by atoms with Gasteiger partial charge in [0, 0.05) is 17.7 Å². The Labute approximate surface area is 95.1 Å². The highest BCUT2D eigenvalue weighted by Crippen LogP contribution is 2.35. The van der Waals surface area contributed by atoms with Crippen molar-refractivity contribution < 1.29 is 4.92 Å². The topological polar surface area (TPSA) is 68.9 Å². The van der Waals surface area contributed by atoms with E-state index in [-0.39, 0.29) is 10.6 Å². The molecule has 1 aliphatic rings. The SMILES string of the molecule is O=[N+]([O-])c1ccc2c(c1)-c1nnsc1CC2. The molecule has 80 valence electrons. The number of non-ortho nitro benzene ring substituents is 1. The predicted molar refractivity (Wildman–Crippen MR) is 59.4 cm³/mol. The summed E-state index contributed by atoms with van der Waals surface area (Å²) < 4.78 is 3.90. The van der Waals surface area contributed by atoms with Crippen LogP contribution < -0.4 is 0 Å². The van der Waals surface area contributed by atoms with Gasteiger partial charge < -0.3 is 0 Å². The fraction of sp³-hybridized carbons (Fsp3) is 0.200. The summed E-state index contributed by atoms with van der Waals surface area (Å²) in [5.74, 6) is 0. The Bertz CT molecular complexity index is 579. The number of aromatic nitrogens is 2. The van der Waals surface area contributed by atoms with Crippen LogP contribution in [0.4, 0.5) is 5.69 Å². The lowest BCUT2D eigenvalue weighted by molar-refractivity contribution is -0.384. The molecule has 16 heavy (non-hydrogen) atoms. The monoisotopic (exact) mass is 233 g/mol. The molecule has 0 atom stereocenters. The first kappa shape index (κ1) is 9.41. The van der Waals surface area contributed by atoms with Gasteiger partial charge in [-0.3, -0.25) is 10.1 Å². The Balaban J connectivity index is 2.22. The summed E-state index contributed by atoms with van der Waals surface area (Å²) in [7, 11) is 0. The summed E-state index contributed by atoms with van der Waals surface area (Å²) in [5.41, 5.74) is 2.91. The molecule has 1 aromatic carbocycles. The largest absolute Gasteiger partial charge is 0.270 e. The van der Waals surface area contributed by atoms with Crippen LogP contribution in [0, 0.1) is 10.1 Å². The van der Waals surface area contributed by atoms with E-state index < -0.39 is 0 Å². The zero-order valence-corrected chi connectivity index (χ0v) is 9.03. The van der Waals surface area contributed by atoms with Gasteiger partial charge in [0.25, 0.3) is 5.69 Å². The van der Waals surface area contributed by atoms with Gasteiger partial charge in [0.2, 0.25) is 0 Å². The maximum atomic E-state index is 10.7. The summed E-state index contributed by atoms with van der Waals surface area (Å²) in [6.45, 7) is 0. The third-order valence-electron chi connectivity index (χ3n) is 2.74. The zero-order chi connectivity index (χ0) is 11.1. The number of nitrogens with zero attached hydrogens (tertiary/aromatic N) is 3. The zero-order valence-electron chi connectivity index (χ0n) is 8.21. The number of hydrogen-bond acceptors (Lipinski definition) is 5. The Morgan fingerprint density at radius 1 is 1.38 bits per heavy atom. The third kappa shape index (κ3) is 1.30. The van der Waals surface area contributed by atoms with Crippen molar-refractivity contribution in [2.75, 3.05) is 0 Å². The van der Waals surface area contributed by atoms with Crippen LogP contribution in [0.3, 0.4) is 0 Å². The van der Waals surface area contributed by atoms with Gasteiger partial charge in [-0.2, -0.15) is 0 Å². The molecule has 1 aliphatic carbocycles. The van der Waals surface area contributed by atoms with Crippen molar-refractivity contribution in [1.82, 2.24) is 9.59 Å². The fourth-order valence-electron chi connectivity index (χ4n) is 1.94. The average Bonchev–Trinajstić information content (AvgIpc) is 2.76. The van der Waals surface area contributed by atoms with E-state index >= 15 is 0 Å². The molecule has 0 radical (unpaired) electrons. The van der Waals surface area contributed by atoms with Crippen molar-refractivity contribution >= 4 is 17.2 Å². The summed E-state index contributed by atoms with van der Waals surface area (Å²) in [4.78, 5) is 11.4. The third-order valence-corrected chi connectivity index (χ3v) is 3.52. The van der Waals surface area contributed by atoms with Crippen molar-refractivity contribution in [3.05, 3.63) is 38.8 Å². The normalized spacial score (nSPS) is 13.0. The molecule has 2 aromatic rings. The van der Waals surface area contributed by atoms with E-state index in [1.54, 1.807) is 12.1 Å². The lowest BCUT2D eigenvalue weighted by Crippen LogP contribution is -2.02. The molecule has 0 unspecified atom stereocenters. The molecule has 6 heteroatoms. The molecule has 0 saturated heterocycles. The molecule has 0 fully saturated rings. The second kappa shape index (κ2) is 3.34. The van der Waals surface area contributed by atoms with E-state index in [1.807, 2.05) is 6.07 Å². The highest BCUT2D eigenvalue weighted by molar-refractivity contribution is 7.06. The van der Waals surface area contributed by atoms with Gasteiger partial charge in [-0.05, 0) is 29.9 Å². The van der Waals surface area contributed by atoms with Gasteiger partial charge in [-0.25, -0.2) is 0 Å². The van der Waals surface area contributed by atoms with Crippen molar-refractivity contribution in [3.63, 3.8) is 0 Å². The summed E-state index contributed by atoms with van der Waals surface area (Å²) in [5, 5.41) is 14.8. The lowest BCUT2D eigenvalue weighted by Gasteiger charge is -2.13. The van der Waals surface area contributed by atoms with Gasteiger partial charge in [-0.1, -0.05) is 10.6 Å². The summed E-state index contributed by atoms with van der Waals surface area (Å²) in [6, 6.07) is 4.95. The maximum Gasteiger partial charge on any atom is 0.270 e. The molecule has 0 spiro atoms. The molecule has 0 saturated carbocycles. The Morgan fingerprint density at radius 2 is 2.25 bits per heavy atom. The first-order valence-corrected chi connectivity index (χ1v) is 5.62. The summed E-state index contributed by atoms with van der Waals surface area (Å²) >= 11 is 1.37. The Hall–Kier alpha value is -1.82. The van der Waals surface area contributed by atoms with Gasteiger partial charge in [-0.15, -0.1) is 5.10 Å². The van der Waals surface area contributed by atoms with Gasteiger partial charge in [0.05, 0.1) is 9.80 Å². The number of rotatable bonds is 1. The number of fused-ring (bicyclic) bond motifs is 3. The van der Waals surface area contributed by atoms with Crippen LogP contribution in [0.25, 0.3) is 11.3 Å².